The molecule has 0 aliphatic carbocycles. The van der Waals surface area contributed by atoms with Crippen molar-refractivity contribution < 1.29 is 14.3 Å². The summed E-state index contributed by atoms with van der Waals surface area (Å²) in [6, 6.07) is 20.6. The maximum Gasteiger partial charge on any atom is 0.255 e. The molecule has 6 nitrogen and oxygen atoms in total. The van der Waals surface area contributed by atoms with Crippen molar-refractivity contribution in [3.05, 3.63) is 83.4 Å². The number of ether oxygens (including phenoxy) is 1. The average Bonchev–Trinajstić information content (AvgIpc) is 2.77. The molecule has 7 heteroatoms. The SMILES string of the molecule is CCOc1ccc(NC(=O)C(C)Nc2ccc(NC(=O)c3ccc(Cl)cc3)cc2)cc1. The van der Waals surface area contributed by atoms with E-state index < -0.39 is 6.04 Å². The molecule has 1 unspecified atom stereocenters. The Morgan fingerprint density at radius 2 is 1.39 bits per heavy atom. The molecule has 0 saturated heterocycles. The van der Waals surface area contributed by atoms with Crippen molar-refractivity contribution in [3.63, 3.8) is 0 Å². The topological polar surface area (TPSA) is 79.5 Å². The summed E-state index contributed by atoms with van der Waals surface area (Å²) in [5, 5.41) is 9.42. The highest BCUT2D eigenvalue weighted by Crippen LogP contribution is 2.18. The zero-order valence-electron chi connectivity index (χ0n) is 17.3. The molecule has 3 N–H and O–H groups in total. The number of anilines is 3. The van der Waals surface area contributed by atoms with E-state index in [-0.39, 0.29) is 11.8 Å². The molecule has 0 aromatic heterocycles. The minimum absolute atomic E-state index is 0.163. The Morgan fingerprint density at radius 1 is 0.839 bits per heavy atom. The van der Waals surface area contributed by atoms with Gasteiger partial charge in [0.25, 0.3) is 5.91 Å². The number of carbonyl (C=O) groups excluding carboxylic acids is 2. The van der Waals surface area contributed by atoms with Crippen LogP contribution in [-0.2, 0) is 4.79 Å². The molecular formula is C24H24ClN3O3. The number of amides is 2. The van der Waals surface area contributed by atoms with Crippen LogP contribution in [0.5, 0.6) is 5.75 Å². The molecule has 0 heterocycles. The molecule has 0 spiro atoms. The van der Waals surface area contributed by atoms with Crippen LogP contribution >= 0.6 is 11.6 Å². The van der Waals surface area contributed by atoms with Gasteiger partial charge in [0.15, 0.2) is 0 Å². The van der Waals surface area contributed by atoms with Crippen LogP contribution in [0.4, 0.5) is 17.1 Å². The van der Waals surface area contributed by atoms with Gasteiger partial charge in [-0.3, -0.25) is 9.59 Å². The summed E-state index contributed by atoms with van der Waals surface area (Å²) in [5.74, 6) is 0.375. The number of benzene rings is 3. The van der Waals surface area contributed by atoms with E-state index in [1.165, 1.54) is 0 Å². The third-order valence-electron chi connectivity index (χ3n) is 4.46. The predicted octanol–water partition coefficient (Wildman–Crippen LogP) is 5.43. The molecule has 2 amide bonds. The highest BCUT2D eigenvalue weighted by molar-refractivity contribution is 6.30. The van der Waals surface area contributed by atoms with Gasteiger partial charge >= 0.3 is 0 Å². The number of carbonyl (C=O) groups is 2. The highest BCUT2D eigenvalue weighted by atomic mass is 35.5. The number of hydrogen-bond donors (Lipinski definition) is 3. The van der Waals surface area contributed by atoms with E-state index in [1.807, 2.05) is 19.1 Å². The van der Waals surface area contributed by atoms with Gasteiger partial charge in [0.05, 0.1) is 6.61 Å². The van der Waals surface area contributed by atoms with E-state index in [4.69, 9.17) is 16.3 Å². The Bertz CT molecular complexity index is 1020. The Hall–Kier alpha value is -3.51. The van der Waals surface area contributed by atoms with Crippen LogP contribution in [0.2, 0.25) is 5.02 Å². The summed E-state index contributed by atoms with van der Waals surface area (Å²) >= 11 is 5.85. The lowest BCUT2D eigenvalue weighted by molar-refractivity contribution is -0.116. The monoisotopic (exact) mass is 437 g/mol. The lowest BCUT2D eigenvalue weighted by Crippen LogP contribution is -2.31. The van der Waals surface area contributed by atoms with Crippen molar-refractivity contribution in [1.29, 1.82) is 0 Å². The quantitative estimate of drug-likeness (QED) is 0.439. The molecule has 0 bridgehead atoms. The molecule has 160 valence electrons. The van der Waals surface area contributed by atoms with Crippen LogP contribution in [0.1, 0.15) is 24.2 Å². The van der Waals surface area contributed by atoms with Gasteiger partial charge in [-0.25, -0.2) is 0 Å². The fourth-order valence-corrected chi connectivity index (χ4v) is 2.95. The maximum absolute atomic E-state index is 12.4. The van der Waals surface area contributed by atoms with E-state index >= 15 is 0 Å². The molecule has 3 aromatic carbocycles. The lowest BCUT2D eigenvalue weighted by atomic mass is 10.2. The Balaban J connectivity index is 1.52. The van der Waals surface area contributed by atoms with E-state index in [0.717, 1.165) is 11.4 Å². The first kappa shape index (κ1) is 22.2. The molecular weight excluding hydrogens is 414 g/mol. The number of rotatable bonds is 8. The summed E-state index contributed by atoms with van der Waals surface area (Å²) in [6.07, 6.45) is 0. The fourth-order valence-electron chi connectivity index (χ4n) is 2.82. The first-order valence-corrected chi connectivity index (χ1v) is 10.3. The third kappa shape index (κ3) is 6.49. The van der Waals surface area contributed by atoms with Crippen molar-refractivity contribution >= 4 is 40.5 Å². The van der Waals surface area contributed by atoms with Crippen molar-refractivity contribution in [3.8, 4) is 5.75 Å². The van der Waals surface area contributed by atoms with Crippen molar-refractivity contribution in [1.82, 2.24) is 0 Å². The third-order valence-corrected chi connectivity index (χ3v) is 4.71. The van der Waals surface area contributed by atoms with Gasteiger partial charge in [-0.1, -0.05) is 11.6 Å². The second kappa shape index (κ2) is 10.5. The summed E-state index contributed by atoms with van der Waals surface area (Å²) in [5.41, 5.74) is 2.63. The molecule has 31 heavy (non-hydrogen) atoms. The molecule has 1 atom stereocenters. The summed E-state index contributed by atoms with van der Waals surface area (Å²) in [6.45, 7) is 4.29. The van der Waals surface area contributed by atoms with Crippen molar-refractivity contribution in [2.45, 2.75) is 19.9 Å². The van der Waals surface area contributed by atoms with Crippen LogP contribution in [-0.4, -0.2) is 24.5 Å². The summed E-state index contributed by atoms with van der Waals surface area (Å²) in [7, 11) is 0. The number of halogens is 1. The predicted molar refractivity (Wildman–Crippen MR) is 125 cm³/mol. The fraction of sp³-hybridized carbons (Fsp3) is 0.167. The first-order chi connectivity index (χ1) is 14.9. The van der Waals surface area contributed by atoms with Gasteiger partial charge in [0, 0.05) is 27.6 Å². The smallest absolute Gasteiger partial charge is 0.255 e. The van der Waals surface area contributed by atoms with E-state index in [1.54, 1.807) is 67.6 Å². The molecule has 0 radical (unpaired) electrons. The summed E-state index contributed by atoms with van der Waals surface area (Å²) < 4.78 is 5.40. The van der Waals surface area contributed by atoms with E-state index in [0.29, 0.717) is 28.6 Å². The Kier molecular flexibility index (Phi) is 7.51. The molecule has 3 aromatic rings. The zero-order chi connectivity index (χ0) is 22.2. The van der Waals surface area contributed by atoms with Crippen LogP contribution in [0.3, 0.4) is 0 Å². The van der Waals surface area contributed by atoms with Gasteiger partial charge in [0.1, 0.15) is 11.8 Å². The van der Waals surface area contributed by atoms with Crippen LogP contribution in [0.15, 0.2) is 72.8 Å². The molecule has 0 aliphatic heterocycles. The average molecular weight is 438 g/mol. The van der Waals surface area contributed by atoms with Gasteiger partial charge in [-0.15, -0.1) is 0 Å². The van der Waals surface area contributed by atoms with Gasteiger partial charge < -0.3 is 20.7 Å². The Morgan fingerprint density at radius 3 is 2.00 bits per heavy atom. The van der Waals surface area contributed by atoms with Gasteiger partial charge in [-0.05, 0) is 86.6 Å². The van der Waals surface area contributed by atoms with Crippen LogP contribution in [0.25, 0.3) is 0 Å². The number of nitrogens with one attached hydrogen (secondary N) is 3. The maximum atomic E-state index is 12.4. The van der Waals surface area contributed by atoms with E-state index in [9.17, 15) is 9.59 Å². The van der Waals surface area contributed by atoms with Crippen molar-refractivity contribution in [2.24, 2.45) is 0 Å². The normalized spacial score (nSPS) is 11.3. The zero-order valence-corrected chi connectivity index (χ0v) is 18.1. The second-order valence-electron chi connectivity index (χ2n) is 6.85. The van der Waals surface area contributed by atoms with E-state index in [2.05, 4.69) is 16.0 Å². The second-order valence-corrected chi connectivity index (χ2v) is 7.29. The Labute approximate surface area is 186 Å². The lowest BCUT2D eigenvalue weighted by Gasteiger charge is -2.16. The minimum Gasteiger partial charge on any atom is -0.494 e. The van der Waals surface area contributed by atoms with Crippen molar-refractivity contribution in [2.75, 3.05) is 22.6 Å². The minimum atomic E-state index is -0.457. The van der Waals surface area contributed by atoms with Crippen LogP contribution < -0.4 is 20.7 Å². The standard InChI is InChI=1S/C24H24ClN3O3/c1-3-31-22-14-12-21(13-15-22)27-23(29)16(2)26-19-8-10-20(11-9-19)28-24(30)17-4-6-18(25)7-5-17/h4-16,26H,3H2,1-2H3,(H,27,29)(H,28,30). The molecule has 3 rings (SSSR count). The first-order valence-electron chi connectivity index (χ1n) is 9.92. The van der Waals surface area contributed by atoms with Gasteiger partial charge in [0.2, 0.25) is 5.91 Å². The van der Waals surface area contributed by atoms with Gasteiger partial charge in [-0.2, -0.15) is 0 Å². The summed E-state index contributed by atoms with van der Waals surface area (Å²) in [4.78, 5) is 24.7. The van der Waals surface area contributed by atoms with Crippen LogP contribution in [0, 0.1) is 0 Å². The largest absolute Gasteiger partial charge is 0.494 e. The highest BCUT2D eigenvalue weighted by Gasteiger charge is 2.13. The molecule has 0 saturated carbocycles. The molecule has 0 fully saturated rings. The molecule has 0 aliphatic rings. The number of hydrogen-bond acceptors (Lipinski definition) is 4.